The Hall–Kier alpha value is -0.570. The number of unbranched alkanes of at least 4 members (excludes halogenated alkanes) is 1. The van der Waals surface area contributed by atoms with Crippen LogP contribution in [-0.2, 0) is 4.79 Å². The van der Waals surface area contributed by atoms with Crippen LogP contribution < -0.4 is 11.1 Å². The van der Waals surface area contributed by atoms with Gasteiger partial charge in [0.1, 0.15) is 0 Å². The topological polar surface area (TPSA) is 55.1 Å². The van der Waals surface area contributed by atoms with Gasteiger partial charge in [-0.15, -0.1) is 0 Å². The number of hydrogen-bond acceptors (Lipinski definition) is 2. The zero-order valence-corrected chi connectivity index (χ0v) is 8.55. The van der Waals surface area contributed by atoms with Crippen LogP contribution in [0.4, 0.5) is 0 Å². The zero-order valence-electron chi connectivity index (χ0n) is 8.55. The lowest BCUT2D eigenvalue weighted by Crippen LogP contribution is -2.34. The molecule has 1 fully saturated rings. The van der Waals surface area contributed by atoms with Crippen LogP contribution in [0.3, 0.4) is 0 Å². The van der Waals surface area contributed by atoms with Gasteiger partial charge in [0.25, 0.3) is 0 Å². The number of nitrogens with two attached hydrogens (primary N) is 1. The Bertz CT molecular complexity index is 182. The Morgan fingerprint density at radius 1 is 1.69 bits per heavy atom. The van der Waals surface area contributed by atoms with Gasteiger partial charge in [-0.1, -0.05) is 19.8 Å². The lowest BCUT2D eigenvalue weighted by Gasteiger charge is -2.12. The van der Waals surface area contributed by atoms with Gasteiger partial charge in [-0.25, -0.2) is 0 Å². The van der Waals surface area contributed by atoms with Gasteiger partial charge in [0.05, 0.1) is 5.92 Å². The van der Waals surface area contributed by atoms with Gasteiger partial charge in [0, 0.05) is 12.1 Å². The van der Waals surface area contributed by atoms with E-state index in [1.165, 1.54) is 12.8 Å². The van der Waals surface area contributed by atoms with E-state index in [0.29, 0.717) is 6.04 Å². The summed E-state index contributed by atoms with van der Waals surface area (Å²) >= 11 is 0. The largest absolute Gasteiger partial charge is 0.353 e. The van der Waals surface area contributed by atoms with Gasteiger partial charge in [-0.05, 0) is 19.8 Å². The first-order chi connectivity index (χ1) is 6.15. The SMILES string of the molecule is CCCCC(C)NC(=O)C1CC1N. The lowest BCUT2D eigenvalue weighted by molar-refractivity contribution is -0.123. The molecular weight excluding hydrogens is 164 g/mol. The summed E-state index contributed by atoms with van der Waals surface area (Å²) in [7, 11) is 0. The number of carbonyl (C=O) groups is 1. The normalized spacial score (nSPS) is 28.2. The van der Waals surface area contributed by atoms with Crippen molar-refractivity contribution < 1.29 is 4.79 Å². The van der Waals surface area contributed by atoms with Gasteiger partial charge in [-0.2, -0.15) is 0 Å². The predicted octanol–water partition coefficient (Wildman–Crippen LogP) is 1.03. The molecule has 0 aromatic carbocycles. The van der Waals surface area contributed by atoms with Crippen molar-refractivity contribution in [3.63, 3.8) is 0 Å². The molecule has 0 radical (unpaired) electrons. The molecule has 3 nitrogen and oxygen atoms in total. The smallest absolute Gasteiger partial charge is 0.224 e. The maximum atomic E-state index is 11.4. The number of rotatable bonds is 5. The van der Waals surface area contributed by atoms with Gasteiger partial charge >= 0.3 is 0 Å². The Morgan fingerprint density at radius 2 is 2.31 bits per heavy atom. The first kappa shape index (κ1) is 10.5. The molecule has 3 unspecified atom stereocenters. The Balaban J connectivity index is 2.12. The standard InChI is InChI=1S/C10H20N2O/c1-3-4-5-7(2)12-10(13)8-6-9(8)11/h7-9H,3-6,11H2,1-2H3,(H,12,13). The predicted molar refractivity (Wildman–Crippen MR) is 53.2 cm³/mol. The minimum absolute atomic E-state index is 0.101. The van der Waals surface area contributed by atoms with E-state index in [4.69, 9.17) is 5.73 Å². The highest BCUT2D eigenvalue weighted by Gasteiger charge is 2.40. The summed E-state index contributed by atoms with van der Waals surface area (Å²) in [6, 6.07) is 0.429. The van der Waals surface area contributed by atoms with E-state index >= 15 is 0 Å². The fraction of sp³-hybridized carbons (Fsp3) is 0.900. The molecule has 13 heavy (non-hydrogen) atoms. The molecule has 0 spiro atoms. The highest BCUT2D eigenvalue weighted by molar-refractivity contribution is 5.82. The van der Waals surface area contributed by atoms with Gasteiger partial charge in [0.2, 0.25) is 5.91 Å². The second-order valence-corrected chi connectivity index (χ2v) is 4.06. The van der Waals surface area contributed by atoms with E-state index in [-0.39, 0.29) is 17.9 Å². The van der Waals surface area contributed by atoms with E-state index in [2.05, 4.69) is 19.2 Å². The molecule has 3 N–H and O–H groups in total. The zero-order chi connectivity index (χ0) is 9.84. The van der Waals surface area contributed by atoms with E-state index in [9.17, 15) is 4.79 Å². The van der Waals surface area contributed by atoms with Crippen LogP contribution in [-0.4, -0.2) is 18.0 Å². The van der Waals surface area contributed by atoms with Crippen LogP contribution in [0, 0.1) is 5.92 Å². The summed E-state index contributed by atoms with van der Waals surface area (Å²) < 4.78 is 0. The molecule has 1 saturated carbocycles. The molecular formula is C10H20N2O. The van der Waals surface area contributed by atoms with Crippen LogP contribution in [0.2, 0.25) is 0 Å². The second kappa shape index (κ2) is 4.61. The maximum Gasteiger partial charge on any atom is 0.224 e. The van der Waals surface area contributed by atoms with Crippen molar-refractivity contribution in [1.29, 1.82) is 0 Å². The lowest BCUT2D eigenvalue weighted by atomic mass is 10.1. The number of amides is 1. The van der Waals surface area contributed by atoms with E-state index in [1.54, 1.807) is 0 Å². The second-order valence-electron chi connectivity index (χ2n) is 4.06. The fourth-order valence-electron chi connectivity index (χ4n) is 1.45. The van der Waals surface area contributed by atoms with Crippen LogP contribution in [0.5, 0.6) is 0 Å². The van der Waals surface area contributed by atoms with Crippen molar-refractivity contribution in [1.82, 2.24) is 5.32 Å². The van der Waals surface area contributed by atoms with Crippen molar-refractivity contribution in [3.8, 4) is 0 Å². The summed E-state index contributed by atoms with van der Waals surface area (Å²) in [6.07, 6.45) is 4.30. The third-order valence-corrected chi connectivity index (χ3v) is 2.56. The molecule has 0 saturated heterocycles. The molecule has 1 rings (SSSR count). The number of nitrogens with one attached hydrogen (secondary N) is 1. The summed E-state index contributed by atoms with van der Waals surface area (Å²) in [6.45, 7) is 4.22. The van der Waals surface area contributed by atoms with Crippen molar-refractivity contribution in [2.24, 2.45) is 11.7 Å². The Morgan fingerprint density at radius 3 is 2.77 bits per heavy atom. The maximum absolute atomic E-state index is 11.4. The first-order valence-corrected chi connectivity index (χ1v) is 5.21. The monoisotopic (exact) mass is 184 g/mol. The average Bonchev–Trinajstić information content (AvgIpc) is 2.79. The third-order valence-electron chi connectivity index (χ3n) is 2.56. The molecule has 3 atom stereocenters. The van der Waals surface area contributed by atoms with Gasteiger partial charge < -0.3 is 11.1 Å². The van der Waals surface area contributed by atoms with Crippen LogP contribution in [0.25, 0.3) is 0 Å². The molecule has 0 aromatic rings. The number of hydrogen-bond donors (Lipinski definition) is 2. The Kier molecular flexibility index (Phi) is 3.72. The van der Waals surface area contributed by atoms with Gasteiger partial charge in [-0.3, -0.25) is 4.79 Å². The van der Waals surface area contributed by atoms with E-state index < -0.39 is 0 Å². The third kappa shape index (κ3) is 3.35. The van der Waals surface area contributed by atoms with Crippen molar-refractivity contribution >= 4 is 5.91 Å². The van der Waals surface area contributed by atoms with Crippen molar-refractivity contribution in [3.05, 3.63) is 0 Å². The van der Waals surface area contributed by atoms with Crippen molar-refractivity contribution in [2.45, 2.75) is 51.6 Å². The quantitative estimate of drug-likeness (QED) is 0.670. The molecule has 0 bridgehead atoms. The minimum atomic E-state index is 0.101. The van der Waals surface area contributed by atoms with Gasteiger partial charge in [0.15, 0.2) is 0 Å². The molecule has 1 aliphatic carbocycles. The highest BCUT2D eigenvalue weighted by Crippen LogP contribution is 2.27. The van der Waals surface area contributed by atoms with Crippen LogP contribution in [0.1, 0.15) is 39.5 Å². The highest BCUT2D eigenvalue weighted by atomic mass is 16.2. The summed E-state index contributed by atoms with van der Waals surface area (Å²) in [4.78, 5) is 11.4. The summed E-state index contributed by atoms with van der Waals surface area (Å²) in [5.74, 6) is 0.250. The molecule has 76 valence electrons. The van der Waals surface area contributed by atoms with Crippen LogP contribution in [0.15, 0.2) is 0 Å². The first-order valence-electron chi connectivity index (χ1n) is 5.21. The summed E-state index contributed by atoms with van der Waals surface area (Å²) in [5.41, 5.74) is 5.58. The van der Waals surface area contributed by atoms with Crippen molar-refractivity contribution in [2.75, 3.05) is 0 Å². The molecule has 0 aromatic heterocycles. The van der Waals surface area contributed by atoms with E-state index in [1.807, 2.05) is 0 Å². The fourth-order valence-corrected chi connectivity index (χ4v) is 1.45. The molecule has 1 amide bonds. The Labute approximate surface area is 80.1 Å². The van der Waals surface area contributed by atoms with Crippen LogP contribution >= 0.6 is 0 Å². The molecule has 0 heterocycles. The molecule has 0 aliphatic heterocycles. The summed E-state index contributed by atoms with van der Waals surface area (Å²) in [5, 5.41) is 2.99. The molecule has 1 aliphatic rings. The average molecular weight is 184 g/mol. The van der Waals surface area contributed by atoms with E-state index in [0.717, 1.165) is 12.8 Å². The molecule has 3 heteroatoms. The minimum Gasteiger partial charge on any atom is -0.353 e. The number of carbonyl (C=O) groups excluding carboxylic acids is 1.